The molecule has 3 aliphatic rings. The van der Waals surface area contributed by atoms with Crippen LogP contribution in [-0.4, -0.2) is 41.4 Å². The third-order valence-corrected chi connectivity index (χ3v) is 8.37. The number of hydrogen-bond acceptors (Lipinski definition) is 3. The fraction of sp³-hybridized carbons (Fsp3) is 0.375. The third-order valence-electron chi connectivity index (χ3n) is 8.37. The van der Waals surface area contributed by atoms with Crippen LogP contribution in [0.5, 0.6) is 0 Å². The molecule has 0 unspecified atom stereocenters. The van der Waals surface area contributed by atoms with E-state index in [1.165, 1.54) is 48.1 Å². The number of likely N-dealkylation sites (tertiary alicyclic amines) is 1. The van der Waals surface area contributed by atoms with Crippen LogP contribution in [0.1, 0.15) is 50.5 Å². The maximum absolute atomic E-state index is 14.2. The Morgan fingerprint density at radius 3 is 2.37 bits per heavy atom. The Labute approximate surface area is 224 Å². The van der Waals surface area contributed by atoms with E-state index in [1.807, 2.05) is 12.1 Å². The standard InChI is InChI=1S/C32H35FN4O/c33-27-13-8-16-29(22-27)37-31(38)35-30(34-28-14-5-2-6-15-28)32(37)17-19-36(20-18-32)23-24-9-7-12-26(21-24)25-10-3-1-4-11-25/h1,3-4,7-13,16,21-22,28H,2,5-6,14-15,17-20,23H2,(H,34,35,38). The van der Waals surface area contributed by atoms with E-state index in [1.54, 1.807) is 11.0 Å². The molecule has 0 radical (unpaired) electrons. The number of hydrogen-bond donors (Lipinski definition) is 1. The molecule has 3 aromatic rings. The van der Waals surface area contributed by atoms with Gasteiger partial charge in [0.2, 0.25) is 0 Å². The van der Waals surface area contributed by atoms with Gasteiger partial charge in [0.25, 0.3) is 0 Å². The van der Waals surface area contributed by atoms with E-state index in [2.05, 4.69) is 58.7 Å². The molecule has 6 heteroatoms. The number of nitrogens with zero attached hydrogens (tertiary/aromatic N) is 3. The van der Waals surface area contributed by atoms with Crippen LogP contribution in [0, 0.1) is 5.82 Å². The monoisotopic (exact) mass is 510 g/mol. The molecule has 1 spiro atoms. The molecule has 2 heterocycles. The van der Waals surface area contributed by atoms with Gasteiger partial charge in [-0.25, -0.2) is 9.18 Å². The predicted octanol–water partition coefficient (Wildman–Crippen LogP) is 6.79. The Kier molecular flexibility index (Phi) is 6.98. The van der Waals surface area contributed by atoms with Crippen LogP contribution in [0.4, 0.5) is 14.9 Å². The SMILES string of the molecule is O=C1NC(=NC2CCCCC2)C2(CCN(Cc3cccc(-c4ccccc4)c3)CC2)N1c1cccc(F)c1. The van der Waals surface area contributed by atoms with Crippen molar-refractivity contribution in [3.05, 3.63) is 90.2 Å². The van der Waals surface area contributed by atoms with E-state index in [4.69, 9.17) is 4.99 Å². The molecule has 6 rings (SSSR count). The Morgan fingerprint density at radius 1 is 0.868 bits per heavy atom. The van der Waals surface area contributed by atoms with Gasteiger partial charge in [0.15, 0.2) is 0 Å². The van der Waals surface area contributed by atoms with Gasteiger partial charge in [0.1, 0.15) is 17.2 Å². The first-order valence-electron chi connectivity index (χ1n) is 13.9. The van der Waals surface area contributed by atoms with Gasteiger partial charge in [-0.1, -0.05) is 73.9 Å². The van der Waals surface area contributed by atoms with Crippen LogP contribution in [0.3, 0.4) is 0 Å². The number of amides is 2. The van der Waals surface area contributed by atoms with Gasteiger partial charge < -0.3 is 0 Å². The van der Waals surface area contributed by atoms with E-state index in [9.17, 15) is 9.18 Å². The Hall–Kier alpha value is -3.51. The number of piperidine rings is 1. The number of urea groups is 1. The van der Waals surface area contributed by atoms with Crippen molar-refractivity contribution in [3.8, 4) is 11.1 Å². The minimum Gasteiger partial charge on any atom is -0.299 e. The molecule has 2 amide bonds. The average molecular weight is 511 g/mol. The molecule has 0 aromatic heterocycles. The van der Waals surface area contributed by atoms with E-state index < -0.39 is 5.54 Å². The fourth-order valence-corrected chi connectivity index (χ4v) is 6.38. The molecule has 2 saturated heterocycles. The number of amidine groups is 1. The Morgan fingerprint density at radius 2 is 1.61 bits per heavy atom. The smallest absolute Gasteiger partial charge is 0.299 e. The molecular weight excluding hydrogens is 475 g/mol. The summed E-state index contributed by atoms with van der Waals surface area (Å²) in [4.78, 5) is 22.7. The number of carbonyl (C=O) groups excluding carboxylic acids is 1. The van der Waals surface area contributed by atoms with E-state index in [0.29, 0.717) is 5.69 Å². The van der Waals surface area contributed by atoms with Crippen molar-refractivity contribution in [1.82, 2.24) is 10.2 Å². The highest BCUT2D eigenvalue weighted by atomic mass is 19.1. The van der Waals surface area contributed by atoms with Gasteiger partial charge in [-0.3, -0.25) is 20.1 Å². The highest BCUT2D eigenvalue weighted by Crippen LogP contribution is 2.39. The second-order valence-electron chi connectivity index (χ2n) is 10.9. The normalized spacial score (nSPS) is 21.2. The van der Waals surface area contributed by atoms with Crippen molar-refractivity contribution >= 4 is 17.6 Å². The summed E-state index contributed by atoms with van der Waals surface area (Å²) in [5.41, 5.74) is 3.75. The van der Waals surface area contributed by atoms with Crippen LogP contribution in [0.25, 0.3) is 11.1 Å². The Balaban J connectivity index is 1.25. The molecule has 1 N–H and O–H groups in total. The minimum absolute atomic E-state index is 0.200. The van der Waals surface area contributed by atoms with Gasteiger partial charge in [0.05, 0.1) is 6.04 Å². The largest absolute Gasteiger partial charge is 0.328 e. The van der Waals surface area contributed by atoms with Crippen molar-refractivity contribution < 1.29 is 9.18 Å². The van der Waals surface area contributed by atoms with E-state index in [0.717, 1.165) is 51.2 Å². The molecule has 38 heavy (non-hydrogen) atoms. The van der Waals surface area contributed by atoms with Crippen LogP contribution >= 0.6 is 0 Å². The maximum atomic E-state index is 14.2. The summed E-state index contributed by atoms with van der Waals surface area (Å²) in [5.74, 6) is 0.447. The fourth-order valence-electron chi connectivity index (χ4n) is 6.38. The molecule has 3 fully saturated rings. The maximum Gasteiger partial charge on any atom is 0.328 e. The molecule has 5 nitrogen and oxygen atoms in total. The molecule has 0 bridgehead atoms. The number of carbonyl (C=O) groups is 1. The molecule has 3 aromatic carbocycles. The van der Waals surface area contributed by atoms with Gasteiger partial charge in [-0.2, -0.15) is 0 Å². The number of rotatable bonds is 5. The third kappa shape index (κ3) is 4.97. The second kappa shape index (κ2) is 10.7. The lowest BCUT2D eigenvalue weighted by Crippen LogP contribution is -2.57. The summed E-state index contributed by atoms with van der Waals surface area (Å²) < 4.78 is 14.2. The van der Waals surface area contributed by atoms with Gasteiger partial charge in [-0.05, 0) is 66.6 Å². The zero-order valence-electron chi connectivity index (χ0n) is 21.8. The summed E-state index contributed by atoms with van der Waals surface area (Å²) in [6.45, 7) is 2.52. The predicted molar refractivity (Wildman–Crippen MR) is 151 cm³/mol. The number of halogens is 1. The zero-order valence-corrected chi connectivity index (χ0v) is 21.8. The summed E-state index contributed by atoms with van der Waals surface area (Å²) in [5, 5.41) is 3.12. The first kappa shape index (κ1) is 24.8. The van der Waals surface area contributed by atoms with Crippen molar-refractivity contribution in [2.75, 3.05) is 18.0 Å². The number of anilines is 1. The Bertz CT molecular complexity index is 1310. The summed E-state index contributed by atoms with van der Waals surface area (Å²) in [6, 6.07) is 25.7. The lowest BCUT2D eigenvalue weighted by molar-refractivity contribution is 0.184. The van der Waals surface area contributed by atoms with Crippen molar-refractivity contribution in [3.63, 3.8) is 0 Å². The lowest BCUT2D eigenvalue weighted by atomic mass is 9.84. The lowest BCUT2D eigenvalue weighted by Gasteiger charge is -2.44. The quantitative estimate of drug-likeness (QED) is 0.411. The second-order valence-corrected chi connectivity index (χ2v) is 10.9. The first-order chi connectivity index (χ1) is 18.6. The summed E-state index contributed by atoms with van der Waals surface area (Å²) in [7, 11) is 0. The molecule has 1 saturated carbocycles. The summed E-state index contributed by atoms with van der Waals surface area (Å²) >= 11 is 0. The molecule has 0 atom stereocenters. The van der Waals surface area contributed by atoms with Crippen LogP contribution in [0.15, 0.2) is 83.9 Å². The zero-order chi connectivity index (χ0) is 26.0. The van der Waals surface area contributed by atoms with Gasteiger partial charge >= 0.3 is 6.03 Å². The van der Waals surface area contributed by atoms with Crippen molar-refractivity contribution in [1.29, 1.82) is 0 Å². The molecule has 196 valence electrons. The number of nitrogens with one attached hydrogen (secondary N) is 1. The topological polar surface area (TPSA) is 47.9 Å². The molecule has 2 aliphatic heterocycles. The average Bonchev–Trinajstić information content (AvgIpc) is 3.21. The highest BCUT2D eigenvalue weighted by Gasteiger charge is 2.53. The van der Waals surface area contributed by atoms with Crippen molar-refractivity contribution in [2.24, 2.45) is 4.99 Å². The van der Waals surface area contributed by atoms with Crippen LogP contribution < -0.4 is 10.2 Å². The number of benzene rings is 3. The van der Waals surface area contributed by atoms with Gasteiger partial charge in [0, 0.05) is 25.3 Å². The van der Waals surface area contributed by atoms with E-state index >= 15 is 0 Å². The van der Waals surface area contributed by atoms with Crippen LogP contribution in [0.2, 0.25) is 0 Å². The van der Waals surface area contributed by atoms with Gasteiger partial charge in [-0.15, -0.1) is 0 Å². The minimum atomic E-state index is -0.565. The number of aliphatic imine (C=N–C) groups is 1. The summed E-state index contributed by atoms with van der Waals surface area (Å²) in [6.07, 6.45) is 7.28. The molecule has 1 aliphatic carbocycles. The molecular formula is C32H35FN4O. The van der Waals surface area contributed by atoms with E-state index in [-0.39, 0.29) is 17.9 Å². The van der Waals surface area contributed by atoms with Crippen molar-refractivity contribution in [2.45, 2.75) is 63.1 Å². The highest BCUT2D eigenvalue weighted by molar-refractivity contribution is 6.19. The van der Waals surface area contributed by atoms with Crippen LogP contribution in [-0.2, 0) is 6.54 Å². The first-order valence-corrected chi connectivity index (χ1v) is 13.9.